The van der Waals surface area contributed by atoms with Crippen molar-refractivity contribution < 1.29 is 19.1 Å². The molecule has 0 aromatic rings. The van der Waals surface area contributed by atoms with Gasteiger partial charge in [0.1, 0.15) is 11.5 Å². The lowest BCUT2D eigenvalue weighted by Crippen LogP contribution is -2.39. The number of hydrogen-bond acceptors (Lipinski definition) is 5. The molecule has 2 fully saturated rings. The third-order valence-corrected chi connectivity index (χ3v) is 3.33. The van der Waals surface area contributed by atoms with Gasteiger partial charge in [0.05, 0.1) is 0 Å². The fourth-order valence-electron chi connectivity index (χ4n) is 2.43. The van der Waals surface area contributed by atoms with E-state index in [1.54, 1.807) is 20.8 Å². The Bertz CT molecular complexity index is 407. The number of amides is 1. The van der Waals surface area contributed by atoms with E-state index in [1.165, 1.54) is 4.90 Å². The van der Waals surface area contributed by atoms with Crippen molar-refractivity contribution in [3.8, 4) is 0 Å². The van der Waals surface area contributed by atoms with Crippen molar-refractivity contribution in [3.63, 3.8) is 0 Å². The summed E-state index contributed by atoms with van der Waals surface area (Å²) in [4.78, 5) is 37.3. The van der Waals surface area contributed by atoms with Crippen LogP contribution >= 0.6 is 0 Å². The van der Waals surface area contributed by atoms with Gasteiger partial charge < -0.3 is 15.0 Å². The van der Waals surface area contributed by atoms with Crippen molar-refractivity contribution >= 4 is 17.7 Å². The molecule has 0 aromatic heterocycles. The fraction of sp³-hybridized carbons (Fsp3) is 0.769. The molecule has 0 aliphatic carbocycles. The van der Waals surface area contributed by atoms with Crippen LogP contribution in [0.3, 0.4) is 0 Å². The van der Waals surface area contributed by atoms with E-state index in [1.807, 2.05) is 0 Å². The van der Waals surface area contributed by atoms with Gasteiger partial charge in [-0.15, -0.1) is 0 Å². The first-order valence-electron chi connectivity index (χ1n) is 6.58. The number of nitrogens with zero attached hydrogens (tertiary/aromatic N) is 1. The molecule has 0 saturated carbocycles. The van der Waals surface area contributed by atoms with Crippen molar-refractivity contribution in [1.29, 1.82) is 0 Å². The molecular formula is C13H20N2O4. The van der Waals surface area contributed by atoms with E-state index in [4.69, 9.17) is 4.74 Å². The number of likely N-dealkylation sites (tertiary alicyclic amines) is 1. The first kappa shape index (κ1) is 14.0. The largest absolute Gasteiger partial charge is 0.459 e. The molecule has 0 spiro atoms. The van der Waals surface area contributed by atoms with Gasteiger partial charge >= 0.3 is 5.97 Å². The average molecular weight is 268 g/mol. The van der Waals surface area contributed by atoms with Gasteiger partial charge in [0, 0.05) is 19.1 Å². The normalized spacial score (nSPS) is 28.1. The van der Waals surface area contributed by atoms with Gasteiger partial charge in [-0.25, -0.2) is 0 Å². The topological polar surface area (TPSA) is 75.7 Å². The van der Waals surface area contributed by atoms with E-state index in [-0.39, 0.29) is 12.6 Å². The van der Waals surface area contributed by atoms with Crippen LogP contribution in [0.2, 0.25) is 0 Å². The molecule has 19 heavy (non-hydrogen) atoms. The highest BCUT2D eigenvalue weighted by Crippen LogP contribution is 2.23. The number of carbonyl (C=O) groups excluding carboxylic acids is 3. The second-order valence-electron chi connectivity index (χ2n) is 6.05. The summed E-state index contributed by atoms with van der Waals surface area (Å²) >= 11 is 0. The summed E-state index contributed by atoms with van der Waals surface area (Å²) in [5.74, 6) is -2.75. The molecule has 1 N–H and O–H groups in total. The molecule has 2 heterocycles. The van der Waals surface area contributed by atoms with Gasteiger partial charge in [0.15, 0.2) is 0 Å². The summed E-state index contributed by atoms with van der Waals surface area (Å²) in [6.07, 6.45) is 0.820. The molecule has 2 saturated heterocycles. The molecule has 106 valence electrons. The van der Waals surface area contributed by atoms with E-state index >= 15 is 0 Å². The van der Waals surface area contributed by atoms with Crippen LogP contribution in [-0.2, 0) is 19.1 Å². The van der Waals surface area contributed by atoms with Crippen LogP contribution in [0.25, 0.3) is 0 Å². The number of nitrogens with one attached hydrogen (secondary N) is 1. The van der Waals surface area contributed by atoms with Gasteiger partial charge in [0.2, 0.25) is 5.78 Å². The third kappa shape index (κ3) is 2.94. The van der Waals surface area contributed by atoms with Gasteiger partial charge in [0.25, 0.3) is 5.91 Å². The smallest absolute Gasteiger partial charge is 0.319 e. The van der Waals surface area contributed by atoms with Crippen molar-refractivity contribution in [1.82, 2.24) is 10.2 Å². The number of rotatable bonds is 2. The Hall–Kier alpha value is -1.43. The van der Waals surface area contributed by atoms with Crippen LogP contribution in [0.1, 0.15) is 27.2 Å². The Morgan fingerprint density at radius 3 is 2.58 bits per heavy atom. The predicted molar refractivity (Wildman–Crippen MR) is 67.3 cm³/mol. The molecule has 2 aliphatic rings. The average Bonchev–Trinajstić information content (AvgIpc) is 2.87. The number of esters is 1. The minimum atomic E-state index is -0.965. The number of carbonyl (C=O) groups is 3. The van der Waals surface area contributed by atoms with Crippen LogP contribution in [-0.4, -0.2) is 53.8 Å². The van der Waals surface area contributed by atoms with Crippen LogP contribution in [0.4, 0.5) is 0 Å². The number of ketones is 1. The maximum Gasteiger partial charge on any atom is 0.319 e. The standard InChI is InChI=1S/C13H20N2O4/c1-13(2,3)19-12(18)9-7-15(11(17)10(9)16)8-4-5-14-6-8/h8-9,14H,4-7H2,1-3H3. The second-order valence-corrected chi connectivity index (χ2v) is 6.05. The predicted octanol–water partition coefficient (Wildman–Crippen LogP) is -0.282. The summed E-state index contributed by atoms with van der Waals surface area (Å²) in [6, 6.07) is 0.0175. The molecule has 1 amide bonds. The molecule has 6 nitrogen and oxygen atoms in total. The zero-order chi connectivity index (χ0) is 14.2. The summed E-state index contributed by atoms with van der Waals surface area (Å²) in [5.41, 5.74) is -0.650. The summed E-state index contributed by atoms with van der Waals surface area (Å²) in [6.45, 7) is 6.89. The first-order chi connectivity index (χ1) is 8.79. The van der Waals surface area contributed by atoms with Gasteiger partial charge in [-0.1, -0.05) is 0 Å². The van der Waals surface area contributed by atoms with Crippen LogP contribution < -0.4 is 5.32 Å². The zero-order valence-corrected chi connectivity index (χ0v) is 11.6. The molecule has 6 heteroatoms. The van der Waals surface area contributed by atoms with Crippen molar-refractivity contribution in [2.75, 3.05) is 19.6 Å². The van der Waals surface area contributed by atoms with E-state index in [0.29, 0.717) is 6.54 Å². The van der Waals surface area contributed by atoms with Crippen molar-refractivity contribution in [2.45, 2.75) is 38.8 Å². The quantitative estimate of drug-likeness (QED) is 0.423. The lowest BCUT2D eigenvalue weighted by atomic mass is 10.1. The number of hydrogen-bond donors (Lipinski definition) is 1. The zero-order valence-electron chi connectivity index (χ0n) is 11.6. The van der Waals surface area contributed by atoms with Gasteiger partial charge in [-0.2, -0.15) is 0 Å². The fourth-order valence-corrected chi connectivity index (χ4v) is 2.43. The number of ether oxygens (including phenoxy) is 1. The highest BCUT2D eigenvalue weighted by Gasteiger charge is 2.47. The van der Waals surface area contributed by atoms with E-state index < -0.39 is 29.2 Å². The lowest BCUT2D eigenvalue weighted by molar-refractivity contribution is -0.161. The van der Waals surface area contributed by atoms with Crippen molar-refractivity contribution in [3.05, 3.63) is 0 Å². The maximum atomic E-state index is 11.9. The second kappa shape index (κ2) is 4.92. The van der Waals surface area contributed by atoms with E-state index in [2.05, 4.69) is 5.32 Å². The highest BCUT2D eigenvalue weighted by atomic mass is 16.6. The van der Waals surface area contributed by atoms with Crippen molar-refractivity contribution in [2.24, 2.45) is 5.92 Å². The Morgan fingerprint density at radius 2 is 2.05 bits per heavy atom. The van der Waals surface area contributed by atoms with Crippen LogP contribution in [0, 0.1) is 5.92 Å². The molecule has 2 atom stereocenters. The van der Waals surface area contributed by atoms with E-state index in [9.17, 15) is 14.4 Å². The summed E-state index contributed by atoms with van der Waals surface area (Å²) < 4.78 is 5.20. The Kier molecular flexibility index (Phi) is 3.62. The van der Waals surface area contributed by atoms with E-state index in [0.717, 1.165) is 13.0 Å². The lowest BCUT2D eigenvalue weighted by Gasteiger charge is -2.23. The van der Waals surface area contributed by atoms with Crippen LogP contribution in [0.5, 0.6) is 0 Å². The SMILES string of the molecule is CC(C)(C)OC(=O)C1CN(C2CCNC2)C(=O)C1=O. The molecule has 2 aliphatic heterocycles. The molecule has 2 unspecified atom stereocenters. The Labute approximate surface area is 112 Å². The maximum absolute atomic E-state index is 11.9. The highest BCUT2D eigenvalue weighted by molar-refractivity contribution is 6.42. The third-order valence-electron chi connectivity index (χ3n) is 3.33. The first-order valence-corrected chi connectivity index (χ1v) is 6.58. The summed E-state index contributed by atoms with van der Waals surface area (Å²) in [7, 11) is 0. The molecule has 0 aromatic carbocycles. The van der Waals surface area contributed by atoms with Gasteiger partial charge in [-0.05, 0) is 33.7 Å². The molecule has 2 rings (SSSR count). The van der Waals surface area contributed by atoms with Crippen LogP contribution in [0.15, 0.2) is 0 Å². The Morgan fingerprint density at radius 1 is 1.37 bits per heavy atom. The van der Waals surface area contributed by atoms with Gasteiger partial charge in [-0.3, -0.25) is 14.4 Å². The summed E-state index contributed by atoms with van der Waals surface area (Å²) in [5, 5.41) is 3.15. The minimum Gasteiger partial charge on any atom is -0.459 e. The molecular weight excluding hydrogens is 248 g/mol. The monoisotopic (exact) mass is 268 g/mol. The number of Topliss-reactive ketones (excluding diaryl/α,β-unsaturated/α-hetero) is 1. The molecule has 0 radical (unpaired) electrons. The Balaban J connectivity index is 2.05. The molecule has 0 bridgehead atoms. The minimum absolute atomic E-state index is 0.0175.